The molecule has 5 heteroatoms. The Kier molecular flexibility index (Phi) is 3.74. The van der Waals surface area contributed by atoms with Gasteiger partial charge in [-0.05, 0) is 42.5 Å². The Hall–Kier alpha value is -3.47. The van der Waals surface area contributed by atoms with Gasteiger partial charge in [0.1, 0.15) is 5.82 Å². The van der Waals surface area contributed by atoms with Crippen molar-refractivity contribution in [1.82, 2.24) is 14.5 Å². The number of aromatic nitrogens is 3. The lowest BCUT2D eigenvalue weighted by Gasteiger charge is -2.06. The lowest BCUT2D eigenvalue weighted by atomic mass is 10.2. The number of nitrogens with one attached hydrogen (secondary N) is 1. The molecule has 25 heavy (non-hydrogen) atoms. The van der Waals surface area contributed by atoms with E-state index < -0.39 is 0 Å². The molecule has 4 rings (SSSR count). The lowest BCUT2D eigenvalue weighted by Crippen LogP contribution is -2.11. The molecule has 2 aromatic heterocycles. The molecule has 0 aliphatic rings. The van der Waals surface area contributed by atoms with E-state index in [9.17, 15) is 4.79 Å². The van der Waals surface area contributed by atoms with Crippen molar-refractivity contribution in [1.29, 1.82) is 0 Å². The average Bonchev–Trinajstić information content (AvgIpc) is 2.99. The molecule has 2 aromatic carbocycles. The van der Waals surface area contributed by atoms with Gasteiger partial charge in [0.2, 0.25) is 0 Å². The fourth-order valence-corrected chi connectivity index (χ4v) is 2.82. The van der Waals surface area contributed by atoms with Crippen LogP contribution in [0.1, 0.15) is 10.4 Å². The molecule has 0 atom stereocenters. The number of fused-ring (bicyclic) bond motifs is 1. The molecule has 0 saturated heterocycles. The molecule has 122 valence electrons. The van der Waals surface area contributed by atoms with Crippen molar-refractivity contribution in [3.8, 4) is 11.4 Å². The van der Waals surface area contributed by atoms with E-state index in [1.54, 1.807) is 24.5 Å². The summed E-state index contributed by atoms with van der Waals surface area (Å²) in [5.41, 5.74) is 4.21. The van der Waals surface area contributed by atoms with Crippen molar-refractivity contribution in [3.05, 3.63) is 78.6 Å². The first-order chi connectivity index (χ1) is 12.2. The predicted octanol–water partition coefficient (Wildman–Crippen LogP) is 3.89. The monoisotopic (exact) mass is 328 g/mol. The van der Waals surface area contributed by atoms with Gasteiger partial charge in [-0.25, -0.2) is 4.98 Å². The van der Waals surface area contributed by atoms with Gasteiger partial charge in [0.25, 0.3) is 5.91 Å². The highest BCUT2D eigenvalue weighted by Gasteiger charge is 2.11. The predicted molar refractivity (Wildman–Crippen MR) is 98.3 cm³/mol. The molecular weight excluding hydrogens is 312 g/mol. The number of rotatable bonds is 3. The van der Waals surface area contributed by atoms with E-state index >= 15 is 0 Å². The Bertz CT molecular complexity index is 1040. The normalized spacial score (nSPS) is 10.8. The third kappa shape index (κ3) is 2.87. The van der Waals surface area contributed by atoms with Gasteiger partial charge in [0, 0.05) is 36.3 Å². The second-order valence-electron chi connectivity index (χ2n) is 5.75. The third-order valence-electron chi connectivity index (χ3n) is 4.11. The van der Waals surface area contributed by atoms with E-state index in [4.69, 9.17) is 0 Å². The Morgan fingerprint density at radius 2 is 1.76 bits per heavy atom. The first-order valence-electron chi connectivity index (χ1n) is 7.95. The molecule has 0 radical (unpaired) electrons. The summed E-state index contributed by atoms with van der Waals surface area (Å²) in [5.74, 6) is 0.736. The van der Waals surface area contributed by atoms with Crippen LogP contribution in [0.25, 0.3) is 22.4 Å². The molecular formula is C20H16N4O. The van der Waals surface area contributed by atoms with Gasteiger partial charge < -0.3 is 9.88 Å². The highest BCUT2D eigenvalue weighted by Crippen LogP contribution is 2.25. The zero-order valence-electron chi connectivity index (χ0n) is 13.7. The Morgan fingerprint density at radius 1 is 1.00 bits per heavy atom. The smallest absolute Gasteiger partial charge is 0.255 e. The van der Waals surface area contributed by atoms with E-state index in [1.165, 1.54) is 0 Å². The molecule has 1 amide bonds. The van der Waals surface area contributed by atoms with Crippen molar-refractivity contribution in [2.45, 2.75) is 0 Å². The van der Waals surface area contributed by atoms with Gasteiger partial charge in [-0.1, -0.05) is 18.2 Å². The first kappa shape index (κ1) is 15.1. The molecule has 0 bridgehead atoms. The second kappa shape index (κ2) is 6.20. The number of hydrogen-bond donors (Lipinski definition) is 1. The fraction of sp³-hybridized carbons (Fsp3) is 0.0500. The van der Waals surface area contributed by atoms with E-state index in [-0.39, 0.29) is 5.91 Å². The standard InChI is InChI=1S/C20H16N4O/c1-24-18-13-16(22-20(25)15-5-3-2-4-6-15)7-8-17(18)23-19(24)14-9-11-21-12-10-14/h2-13H,1H3,(H,22,25). The second-order valence-corrected chi connectivity index (χ2v) is 5.75. The minimum Gasteiger partial charge on any atom is -0.327 e. The summed E-state index contributed by atoms with van der Waals surface area (Å²) in [5, 5.41) is 2.94. The number of carbonyl (C=O) groups is 1. The van der Waals surface area contributed by atoms with Crippen LogP contribution in [0.3, 0.4) is 0 Å². The Balaban J connectivity index is 1.69. The van der Waals surface area contributed by atoms with Crippen LogP contribution < -0.4 is 5.32 Å². The van der Waals surface area contributed by atoms with Gasteiger partial charge >= 0.3 is 0 Å². The molecule has 0 fully saturated rings. The van der Waals surface area contributed by atoms with Gasteiger partial charge in [0.15, 0.2) is 0 Å². The molecule has 2 heterocycles. The topological polar surface area (TPSA) is 59.8 Å². The average molecular weight is 328 g/mol. The minimum absolute atomic E-state index is 0.128. The molecule has 4 aromatic rings. The summed E-state index contributed by atoms with van der Waals surface area (Å²) in [4.78, 5) is 21.1. The summed E-state index contributed by atoms with van der Waals surface area (Å²) in [6.45, 7) is 0. The Morgan fingerprint density at radius 3 is 2.52 bits per heavy atom. The van der Waals surface area contributed by atoms with Crippen molar-refractivity contribution in [2.75, 3.05) is 5.32 Å². The largest absolute Gasteiger partial charge is 0.327 e. The van der Waals surface area contributed by atoms with Crippen LogP contribution >= 0.6 is 0 Å². The number of hydrogen-bond acceptors (Lipinski definition) is 3. The highest BCUT2D eigenvalue weighted by molar-refractivity contribution is 6.05. The zero-order chi connectivity index (χ0) is 17.2. The fourth-order valence-electron chi connectivity index (χ4n) is 2.82. The molecule has 0 unspecified atom stereocenters. The maximum Gasteiger partial charge on any atom is 0.255 e. The van der Waals surface area contributed by atoms with Crippen molar-refractivity contribution >= 4 is 22.6 Å². The summed E-state index contributed by atoms with van der Waals surface area (Å²) in [6, 6.07) is 18.7. The van der Waals surface area contributed by atoms with Gasteiger partial charge in [0.05, 0.1) is 11.0 Å². The SMILES string of the molecule is Cn1c(-c2ccncc2)nc2ccc(NC(=O)c3ccccc3)cc21. The van der Waals surface area contributed by atoms with Crippen LogP contribution in [0.5, 0.6) is 0 Å². The number of pyridine rings is 1. The molecule has 0 aliphatic carbocycles. The molecule has 5 nitrogen and oxygen atoms in total. The number of amides is 1. The quantitative estimate of drug-likeness (QED) is 0.621. The van der Waals surface area contributed by atoms with Crippen molar-refractivity contribution < 1.29 is 4.79 Å². The zero-order valence-corrected chi connectivity index (χ0v) is 13.7. The Labute approximate surface area is 145 Å². The van der Waals surface area contributed by atoms with Crippen molar-refractivity contribution in [3.63, 3.8) is 0 Å². The molecule has 0 saturated carbocycles. The highest BCUT2D eigenvalue weighted by atomic mass is 16.1. The number of anilines is 1. The minimum atomic E-state index is -0.128. The molecule has 0 spiro atoms. The van der Waals surface area contributed by atoms with Crippen LogP contribution in [0.2, 0.25) is 0 Å². The summed E-state index contributed by atoms with van der Waals surface area (Å²) >= 11 is 0. The van der Waals surface area contributed by atoms with E-state index in [0.717, 1.165) is 28.1 Å². The summed E-state index contributed by atoms with van der Waals surface area (Å²) < 4.78 is 2.02. The lowest BCUT2D eigenvalue weighted by molar-refractivity contribution is 0.102. The maximum atomic E-state index is 12.3. The number of benzene rings is 2. The van der Waals surface area contributed by atoms with Crippen LogP contribution in [0, 0.1) is 0 Å². The number of imidazole rings is 1. The number of aryl methyl sites for hydroxylation is 1. The van der Waals surface area contributed by atoms with Gasteiger partial charge in [-0.15, -0.1) is 0 Å². The van der Waals surface area contributed by atoms with Crippen LogP contribution in [0.15, 0.2) is 73.1 Å². The molecule has 1 N–H and O–H groups in total. The van der Waals surface area contributed by atoms with Crippen LogP contribution in [-0.2, 0) is 7.05 Å². The number of carbonyl (C=O) groups excluding carboxylic acids is 1. The third-order valence-corrected chi connectivity index (χ3v) is 4.11. The van der Waals surface area contributed by atoms with E-state index in [0.29, 0.717) is 5.56 Å². The first-order valence-corrected chi connectivity index (χ1v) is 7.95. The van der Waals surface area contributed by atoms with E-state index in [1.807, 2.05) is 60.1 Å². The number of nitrogens with zero attached hydrogens (tertiary/aromatic N) is 3. The van der Waals surface area contributed by atoms with Gasteiger partial charge in [-0.2, -0.15) is 0 Å². The van der Waals surface area contributed by atoms with E-state index in [2.05, 4.69) is 15.3 Å². The molecule has 0 aliphatic heterocycles. The van der Waals surface area contributed by atoms with Gasteiger partial charge in [-0.3, -0.25) is 9.78 Å². The maximum absolute atomic E-state index is 12.3. The van der Waals surface area contributed by atoms with Crippen molar-refractivity contribution in [2.24, 2.45) is 7.05 Å². The summed E-state index contributed by atoms with van der Waals surface area (Å²) in [6.07, 6.45) is 3.50. The summed E-state index contributed by atoms with van der Waals surface area (Å²) in [7, 11) is 1.97. The van der Waals surface area contributed by atoms with Crippen LogP contribution in [0.4, 0.5) is 5.69 Å². The van der Waals surface area contributed by atoms with Crippen LogP contribution in [-0.4, -0.2) is 20.4 Å².